The van der Waals surface area contributed by atoms with E-state index in [1.165, 1.54) is 12.1 Å². The summed E-state index contributed by atoms with van der Waals surface area (Å²) < 4.78 is 28.2. The van der Waals surface area contributed by atoms with Crippen LogP contribution in [0.3, 0.4) is 0 Å². The van der Waals surface area contributed by atoms with E-state index >= 15 is 0 Å². The van der Waals surface area contributed by atoms with Crippen molar-refractivity contribution in [2.45, 2.75) is 17.4 Å². The molecule has 0 aliphatic carbocycles. The minimum Gasteiger partial charge on any atom is -0.379 e. The van der Waals surface area contributed by atoms with Gasteiger partial charge in [-0.25, -0.2) is 13.6 Å². The Morgan fingerprint density at radius 1 is 1.47 bits per heavy atom. The van der Waals surface area contributed by atoms with Gasteiger partial charge in [-0.1, -0.05) is 0 Å². The number of primary sulfonamides is 1. The Bertz CT molecular complexity index is 512. The average molecular weight is 321 g/mol. The third kappa shape index (κ3) is 3.19. The monoisotopic (exact) mass is 320 g/mol. The maximum atomic E-state index is 11.2. The van der Waals surface area contributed by atoms with Crippen molar-refractivity contribution in [1.82, 2.24) is 0 Å². The zero-order valence-corrected chi connectivity index (χ0v) is 11.4. The van der Waals surface area contributed by atoms with Crippen LogP contribution in [0.15, 0.2) is 27.6 Å². The summed E-state index contributed by atoms with van der Waals surface area (Å²) in [5.74, 6) is 0. The molecule has 7 heteroatoms. The number of sulfonamides is 1. The van der Waals surface area contributed by atoms with Gasteiger partial charge in [0.1, 0.15) is 0 Å². The van der Waals surface area contributed by atoms with Crippen molar-refractivity contribution in [2.24, 2.45) is 5.14 Å². The van der Waals surface area contributed by atoms with Gasteiger partial charge < -0.3 is 10.1 Å². The first-order valence-corrected chi connectivity index (χ1v) is 7.47. The summed E-state index contributed by atoms with van der Waals surface area (Å²) in [7, 11) is -3.65. The summed E-state index contributed by atoms with van der Waals surface area (Å²) in [6, 6.07) is 4.94. The number of benzene rings is 1. The van der Waals surface area contributed by atoms with E-state index < -0.39 is 10.0 Å². The minimum atomic E-state index is -3.65. The number of hydrogen-bond donors (Lipinski definition) is 2. The van der Waals surface area contributed by atoms with Crippen LogP contribution < -0.4 is 10.5 Å². The van der Waals surface area contributed by atoms with Gasteiger partial charge in [-0.05, 0) is 40.5 Å². The molecule has 1 atom stereocenters. The second-order valence-corrected chi connectivity index (χ2v) is 6.31. The zero-order valence-electron chi connectivity index (χ0n) is 9.02. The molecule has 0 spiro atoms. The quantitative estimate of drug-likeness (QED) is 0.879. The Morgan fingerprint density at radius 2 is 2.24 bits per heavy atom. The molecule has 1 heterocycles. The smallest absolute Gasteiger partial charge is 0.238 e. The molecule has 0 bridgehead atoms. The van der Waals surface area contributed by atoms with Gasteiger partial charge in [0.05, 0.1) is 17.5 Å². The zero-order chi connectivity index (χ0) is 12.5. The van der Waals surface area contributed by atoms with Crippen LogP contribution in [0.5, 0.6) is 0 Å². The van der Waals surface area contributed by atoms with Crippen LogP contribution in [0, 0.1) is 0 Å². The number of anilines is 1. The third-order valence-corrected chi connectivity index (χ3v) is 4.13. The summed E-state index contributed by atoms with van der Waals surface area (Å²) in [4.78, 5) is 0.0950. The van der Waals surface area contributed by atoms with Crippen LogP contribution in [0.25, 0.3) is 0 Å². The largest absolute Gasteiger partial charge is 0.379 e. The van der Waals surface area contributed by atoms with E-state index in [9.17, 15) is 8.42 Å². The van der Waals surface area contributed by atoms with Gasteiger partial charge in [0.25, 0.3) is 0 Å². The van der Waals surface area contributed by atoms with Gasteiger partial charge in [0.15, 0.2) is 0 Å². The Kier molecular flexibility index (Phi) is 3.72. The molecule has 17 heavy (non-hydrogen) atoms. The second kappa shape index (κ2) is 4.93. The molecule has 1 fully saturated rings. The lowest BCUT2D eigenvalue weighted by molar-refractivity contribution is 0.195. The highest BCUT2D eigenvalue weighted by Gasteiger charge is 2.17. The number of nitrogens with two attached hydrogens (primary N) is 1. The second-order valence-electron chi connectivity index (χ2n) is 3.89. The van der Waals surface area contributed by atoms with Crippen molar-refractivity contribution in [1.29, 1.82) is 0 Å². The molecule has 3 N–H and O–H groups in total. The summed E-state index contributed by atoms with van der Waals surface area (Å²) in [6.07, 6.45) is 0.948. The minimum absolute atomic E-state index is 0.0950. The molecule has 0 aromatic heterocycles. The highest BCUT2D eigenvalue weighted by molar-refractivity contribution is 9.10. The van der Waals surface area contributed by atoms with Crippen molar-refractivity contribution in [3.8, 4) is 0 Å². The molecule has 1 aromatic carbocycles. The first-order valence-electron chi connectivity index (χ1n) is 5.13. The maximum absolute atomic E-state index is 11.2. The molecule has 0 radical (unpaired) electrons. The van der Waals surface area contributed by atoms with Crippen molar-refractivity contribution in [2.75, 3.05) is 18.5 Å². The predicted octanol–water partition coefficient (Wildman–Crippen LogP) is 1.30. The maximum Gasteiger partial charge on any atom is 0.238 e. The van der Waals surface area contributed by atoms with Crippen molar-refractivity contribution >= 4 is 31.6 Å². The van der Waals surface area contributed by atoms with Crippen molar-refractivity contribution in [3.05, 3.63) is 22.7 Å². The topological polar surface area (TPSA) is 81.4 Å². The standard InChI is InChI=1S/C10H13BrN2O3S/c11-9-5-8(17(12,14)15)1-2-10(9)13-7-3-4-16-6-7/h1-2,5,7,13H,3-4,6H2,(H2,12,14,15). The fraction of sp³-hybridized carbons (Fsp3) is 0.400. The number of halogens is 1. The van der Waals surface area contributed by atoms with E-state index in [2.05, 4.69) is 21.2 Å². The lowest BCUT2D eigenvalue weighted by Crippen LogP contribution is -2.19. The van der Waals surface area contributed by atoms with Crippen LogP contribution in [-0.2, 0) is 14.8 Å². The van der Waals surface area contributed by atoms with Crippen molar-refractivity contribution < 1.29 is 13.2 Å². The number of rotatable bonds is 3. The Morgan fingerprint density at radius 3 is 2.76 bits per heavy atom. The van der Waals surface area contributed by atoms with E-state index in [0.717, 1.165) is 18.7 Å². The molecule has 94 valence electrons. The van der Waals surface area contributed by atoms with Crippen LogP contribution in [0.2, 0.25) is 0 Å². The van der Waals surface area contributed by atoms with Gasteiger partial charge in [-0.15, -0.1) is 0 Å². The van der Waals surface area contributed by atoms with Gasteiger partial charge in [0.2, 0.25) is 10.0 Å². The molecule has 1 aromatic rings. The van der Waals surface area contributed by atoms with Crippen molar-refractivity contribution in [3.63, 3.8) is 0 Å². The van der Waals surface area contributed by atoms with Crippen LogP contribution >= 0.6 is 15.9 Å². The Hall–Kier alpha value is -0.630. The Balaban J connectivity index is 2.19. The van der Waals surface area contributed by atoms with E-state index in [-0.39, 0.29) is 10.9 Å². The lowest BCUT2D eigenvalue weighted by Gasteiger charge is -2.14. The fourth-order valence-electron chi connectivity index (χ4n) is 1.66. The van der Waals surface area contributed by atoms with Gasteiger partial charge in [-0.2, -0.15) is 0 Å². The first-order chi connectivity index (χ1) is 7.97. The summed E-state index contributed by atoms with van der Waals surface area (Å²) >= 11 is 3.32. The molecule has 0 saturated carbocycles. The molecule has 1 aliphatic heterocycles. The molecular formula is C10H13BrN2O3S. The fourth-order valence-corrected chi connectivity index (χ4v) is 2.84. The normalized spacial score (nSPS) is 20.5. The summed E-state index contributed by atoms with van der Waals surface area (Å²) in [6.45, 7) is 1.42. The molecule has 5 nitrogen and oxygen atoms in total. The highest BCUT2D eigenvalue weighted by Crippen LogP contribution is 2.26. The van der Waals surface area contributed by atoms with E-state index in [1.807, 2.05) is 0 Å². The third-order valence-electron chi connectivity index (χ3n) is 2.56. The highest BCUT2D eigenvalue weighted by atomic mass is 79.9. The SMILES string of the molecule is NS(=O)(=O)c1ccc(NC2CCOC2)c(Br)c1. The Labute approximate surface area is 109 Å². The summed E-state index contributed by atoms with van der Waals surface area (Å²) in [5.41, 5.74) is 0.841. The van der Waals surface area contributed by atoms with Gasteiger partial charge >= 0.3 is 0 Å². The molecule has 2 rings (SSSR count). The van der Waals surface area contributed by atoms with Crippen LogP contribution in [-0.4, -0.2) is 27.7 Å². The number of ether oxygens (including phenoxy) is 1. The van der Waals surface area contributed by atoms with E-state index in [1.54, 1.807) is 6.07 Å². The van der Waals surface area contributed by atoms with E-state index in [4.69, 9.17) is 9.88 Å². The number of hydrogen-bond acceptors (Lipinski definition) is 4. The molecule has 1 aliphatic rings. The van der Waals surface area contributed by atoms with Crippen LogP contribution in [0.4, 0.5) is 5.69 Å². The van der Waals surface area contributed by atoms with E-state index in [0.29, 0.717) is 11.1 Å². The average Bonchev–Trinajstić information content (AvgIpc) is 2.72. The predicted molar refractivity (Wildman–Crippen MR) is 68.4 cm³/mol. The first kappa shape index (κ1) is 12.8. The lowest BCUT2D eigenvalue weighted by atomic mass is 10.2. The molecule has 0 amide bonds. The van der Waals surface area contributed by atoms with Crippen LogP contribution in [0.1, 0.15) is 6.42 Å². The molecular weight excluding hydrogens is 308 g/mol. The van der Waals surface area contributed by atoms with Gasteiger partial charge in [0, 0.05) is 16.8 Å². The van der Waals surface area contributed by atoms with Gasteiger partial charge in [-0.3, -0.25) is 0 Å². The summed E-state index contributed by atoms with van der Waals surface area (Å²) in [5, 5.41) is 8.33. The molecule has 1 unspecified atom stereocenters. The molecule has 1 saturated heterocycles. The number of nitrogens with one attached hydrogen (secondary N) is 1.